The lowest BCUT2D eigenvalue weighted by Gasteiger charge is -2.06. The summed E-state index contributed by atoms with van der Waals surface area (Å²) in [5.41, 5.74) is 2.49. The van der Waals surface area contributed by atoms with E-state index < -0.39 is 0 Å². The van der Waals surface area contributed by atoms with E-state index >= 15 is 0 Å². The van der Waals surface area contributed by atoms with Crippen molar-refractivity contribution in [1.29, 1.82) is 5.26 Å². The maximum Gasteiger partial charge on any atom is 0.177 e. The first-order valence-corrected chi connectivity index (χ1v) is 7.06. The second-order valence-corrected chi connectivity index (χ2v) is 5.04. The molecular weight excluding hydrogens is 276 g/mol. The Balaban J connectivity index is 2.00. The van der Waals surface area contributed by atoms with Crippen LogP contribution in [0.5, 0.6) is 11.5 Å². The number of aryl methyl sites for hydroxylation is 1. The second kappa shape index (κ2) is 5.92. The summed E-state index contributed by atoms with van der Waals surface area (Å²) in [6.45, 7) is 2.71. The van der Waals surface area contributed by atoms with E-state index in [1.807, 2.05) is 32.2 Å². The monoisotopic (exact) mass is 292 g/mol. The largest absolute Gasteiger partial charge is 0.457 e. The summed E-state index contributed by atoms with van der Waals surface area (Å²) in [5, 5.41) is 13.0. The molecule has 3 rings (SSSR count). The molecule has 0 unspecified atom stereocenters. The number of ether oxygens (including phenoxy) is 1. The quantitative estimate of drug-likeness (QED) is 0.785. The van der Waals surface area contributed by atoms with Crippen molar-refractivity contribution in [2.45, 2.75) is 13.5 Å². The van der Waals surface area contributed by atoms with Gasteiger partial charge in [0.2, 0.25) is 0 Å². The Morgan fingerprint density at radius 2 is 1.95 bits per heavy atom. The van der Waals surface area contributed by atoms with E-state index in [-0.39, 0.29) is 0 Å². The number of nitrogens with zero attached hydrogens (tertiary/aromatic N) is 1. The van der Waals surface area contributed by atoms with Crippen molar-refractivity contribution in [2.24, 2.45) is 0 Å². The predicted molar refractivity (Wildman–Crippen MR) is 84.9 cm³/mol. The second-order valence-electron chi connectivity index (χ2n) is 5.04. The maximum atomic E-state index is 8.83. The molecule has 1 N–H and O–H groups in total. The van der Waals surface area contributed by atoms with Gasteiger partial charge in [-0.2, -0.15) is 5.26 Å². The average molecular weight is 292 g/mol. The Morgan fingerprint density at radius 3 is 2.64 bits per heavy atom. The van der Waals surface area contributed by atoms with E-state index in [9.17, 15) is 0 Å². The molecule has 22 heavy (non-hydrogen) atoms. The van der Waals surface area contributed by atoms with Gasteiger partial charge in [-0.25, -0.2) is 0 Å². The number of hydrogen-bond donors (Lipinski definition) is 1. The normalized spacial score (nSPS) is 10.6. The van der Waals surface area contributed by atoms with E-state index in [1.54, 1.807) is 24.3 Å². The van der Waals surface area contributed by atoms with Gasteiger partial charge >= 0.3 is 0 Å². The van der Waals surface area contributed by atoms with Crippen molar-refractivity contribution in [3.05, 3.63) is 59.4 Å². The van der Waals surface area contributed by atoms with Crippen LogP contribution in [-0.4, -0.2) is 7.05 Å². The number of furan rings is 1. The van der Waals surface area contributed by atoms with Crippen LogP contribution in [0.15, 0.2) is 46.9 Å². The molecule has 0 saturated carbocycles. The van der Waals surface area contributed by atoms with Gasteiger partial charge in [0.15, 0.2) is 11.3 Å². The van der Waals surface area contributed by atoms with Crippen molar-refractivity contribution in [3.63, 3.8) is 0 Å². The minimum Gasteiger partial charge on any atom is -0.457 e. The van der Waals surface area contributed by atoms with Gasteiger partial charge < -0.3 is 14.5 Å². The summed E-state index contributed by atoms with van der Waals surface area (Å²) in [6, 6.07) is 15.0. The molecule has 0 spiro atoms. The molecule has 0 saturated heterocycles. The summed E-state index contributed by atoms with van der Waals surface area (Å²) >= 11 is 0. The number of nitriles is 1. The predicted octanol–water partition coefficient (Wildman–Crippen LogP) is 4.12. The molecule has 0 radical (unpaired) electrons. The molecule has 1 aromatic heterocycles. The molecule has 110 valence electrons. The standard InChI is InChI=1S/C18H16N2O2/c1-12-16(11-20-2)15-4-3-5-17(18(15)21-12)22-14-8-6-13(10-19)7-9-14/h3-9,20H,11H2,1-2H3. The molecule has 4 heteroatoms. The first kappa shape index (κ1) is 14.2. The number of fused-ring (bicyclic) bond motifs is 1. The Morgan fingerprint density at radius 1 is 1.18 bits per heavy atom. The van der Waals surface area contributed by atoms with Gasteiger partial charge in [-0.1, -0.05) is 12.1 Å². The number of hydrogen-bond acceptors (Lipinski definition) is 4. The number of rotatable bonds is 4. The molecule has 0 bridgehead atoms. The van der Waals surface area contributed by atoms with Crippen LogP contribution in [-0.2, 0) is 6.54 Å². The summed E-state index contributed by atoms with van der Waals surface area (Å²) in [7, 11) is 1.91. The average Bonchev–Trinajstić information content (AvgIpc) is 2.86. The highest BCUT2D eigenvalue weighted by atomic mass is 16.5. The maximum absolute atomic E-state index is 8.83. The van der Waals surface area contributed by atoms with Gasteiger partial charge in [-0.3, -0.25) is 0 Å². The minimum absolute atomic E-state index is 0.607. The first-order chi connectivity index (χ1) is 10.7. The van der Waals surface area contributed by atoms with Gasteiger partial charge in [0, 0.05) is 17.5 Å². The Bertz CT molecular complexity index is 842. The fourth-order valence-electron chi connectivity index (χ4n) is 2.46. The van der Waals surface area contributed by atoms with Crippen LogP contribution in [0.25, 0.3) is 11.0 Å². The third kappa shape index (κ3) is 2.54. The summed E-state index contributed by atoms with van der Waals surface area (Å²) in [5.74, 6) is 2.24. The molecule has 0 amide bonds. The lowest BCUT2D eigenvalue weighted by Crippen LogP contribution is -2.05. The number of benzene rings is 2. The Kier molecular flexibility index (Phi) is 3.82. The molecular formula is C18H16N2O2. The molecule has 0 fully saturated rings. The van der Waals surface area contributed by atoms with E-state index in [0.717, 1.165) is 28.8 Å². The highest BCUT2D eigenvalue weighted by molar-refractivity contribution is 5.87. The molecule has 4 nitrogen and oxygen atoms in total. The summed E-state index contributed by atoms with van der Waals surface area (Å²) in [4.78, 5) is 0. The number of para-hydroxylation sites is 1. The fourth-order valence-corrected chi connectivity index (χ4v) is 2.46. The zero-order valence-electron chi connectivity index (χ0n) is 12.5. The Hall–Kier alpha value is -2.77. The van der Waals surface area contributed by atoms with Crippen molar-refractivity contribution >= 4 is 11.0 Å². The van der Waals surface area contributed by atoms with Gasteiger partial charge in [0.1, 0.15) is 11.5 Å². The van der Waals surface area contributed by atoms with Crippen molar-refractivity contribution < 1.29 is 9.15 Å². The smallest absolute Gasteiger partial charge is 0.177 e. The van der Waals surface area contributed by atoms with Crippen LogP contribution >= 0.6 is 0 Å². The van der Waals surface area contributed by atoms with E-state index in [0.29, 0.717) is 17.1 Å². The SMILES string of the molecule is CNCc1c(C)oc2c(Oc3ccc(C#N)cc3)cccc12. The molecule has 0 aliphatic heterocycles. The molecule has 0 atom stereocenters. The van der Waals surface area contributed by atoms with Crippen LogP contribution in [0.4, 0.5) is 0 Å². The third-order valence-electron chi connectivity index (χ3n) is 3.55. The lowest BCUT2D eigenvalue weighted by molar-refractivity contribution is 0.468. The van der Waals surface area contributed by atoms with Gasteiger partial charge in [0.05, 0.1) is 11.6 Å². The molecule has 1 heterocycles. The molecule has 0 aliphatic carbocycles. The fraction of sp³-hybridized carbons (Fsp3) is 0.167. The van der Waals surface area contributed by atoms with Crippen LogP contribution in [0.3, 0.4) is 0 Å². The van der Waals surface area contributed by atoms with Crippen molar-refractivity contribution in [3.8, 4) is 17.6 Å². The van der Waals surface area contributed by atoms with Crippen molar-refractivity contribution in [1.82, 2.24) is 5.32 Å². The molecule has 3 aromatic rings. The summed E-state index contributed by atoms with van der Waals surface area (Å²) in [6.07, 6.45) is 0. The van der Waals surface area contributed by atoms with Crippen LogP contribution in [0, 0.1) is 18.3 Å². The van der Waals surface area contributed by atoms with E-state index in [1.165, 1.54) is 0 Å². The van der Waals surface area contributed by atoms with Crippen molar-refractivity contribution in [2.75, 3.05) is 7.05 Å². The van der Waals surface area contributed by atoms with Gasteiger partial charge in [-0.15, -0.1) is 0 Å². The van der Waals surface area contributed by atoms with Gasteiger partial charge in [0.25, 0.3) is 0 Å². The topological polar surface area (TPSA) is 58.2 Å². The Labute approximate surface area is 128 Å². The van der Waals surface area contributed by atoms with Gasteiger partial charge in [-0.05, 0) is 44.3 Å². The van der Waals surface area contributed by atoms with E-state index in [2.05, 4.69) is 11.4 Å². The zero-order chi connectivity index (χ0) is 15.5. The highest BCUT2D eigenvalue weighted by Gasteiger charge is 2.14. The first-order valence-electron chi connectivity index (χ1n) is 7.06. The zero-order valence-corrected chi connectivity index (χ0v) is 12.5. The molecule has 2 aromatic carbocycles. The third-order valence-corrected chi connectivity index (χ3v) is 3.55. The van der Waals surface area contributed by atoms with Crippen LogP contribution in [0.2, 0.25) is 0 Å². The summed E-state index contributed by atoms with van der Waals surface area (Å²) < 4.78 is 11.8. The van der Waals surface area contributed by atoms with E-state index in [4.69, 9.17) is 14.4 Å². The molecule has 0 aliphatic rings. The van der Waals surface area contributed by atoms with Crippen LogP contribution < -0.4 is 10.1 Å². The number of nitrogens with one attached hydrogen (secondary N) is 1. The van der Waals surface area contributed by atoms with Crippen LogP contribution in [0.1, 0.15) is 16.9 Å². The highest BCUT2D eigenvalue weighted by Crippen LogP contribution is 2.35. The minimum atomic E-state index is 0.607. The lowest BCUT2D eigenvalue weighted by atomic mass is 10.1.